The quantitative estimate of drug-likeness (QED) is 0.807. The van der Waals surface area contributed by atoms with Gasteiger partial charge < -0.3 is 19.4 Å². The molecule has 0 spiro atoms. The Labute approximate surface area is 171 Å². The fraction of sp³-hybridized carbons (Fsp3) is 0.500. The molecule has 1 N–H and O–H groups in total. The molecule has 1 aromatic carbocycles. The van der Waals surface area contributed by atoms with Gasteiger partial charge in [0.15, 0.2) is 5.69 Å². The van der Waals surface area contributed by atoms with E-state index in [4.69, 9.17) is 9.47 Å². The van der Waals surface area contributed by atoms with Crippen LogP contribution < -0.4 is 15.0 Å². The maximum Gasteiger partial charge on any atom is 0.279 e. The number of rotatable bonds is 6. The Bertz CT molecular complexity index is 908. The minimum atomic E-state index is -0.410. The molecule has 1 aliphatic rings. The lowest BCUT2D eigenvalue weighted by atomic mass is 9.90. The third-order valence-corrected chi connectivity index (χ3v) is 5.70. The van der Waals surface area contributed by atoms with Crippen molar-refractivity contribution in [3.63, 3.8) is 0 Å². The molecule has 1 amide bonds. The number of carbonyl (C=O) groups excluding carboxylic acids is 1. The fourth-order valence-electron chi connectivity index (χ4n) is 3.72. The maximum atomic E-state index is 12.7. The summed E-state index contributed by atoms with van der Waals surface area (Å²) in [5.74, 6) is 1.87. The van der Waals surface area contributed by atoms with Crippen molar-refractivity contribution in [3.05, 3.63) is 51.2 Å². The zero-order valence-electron chi connectivity index (χ0n) is 17.6. The lowest BCUT2D eigenvalue weighted by Gasteiger charge is -2.31. The Morgan fingerprint density at radius 2 is 1.76 bits per heavy atom. The summed E-state index contributed by atoms with van der Waals surface area (Å²) < 4.78 is 10.7. The van der Waals surface area contributed by atoms with Gasteiger partial charge in [-0.2, -0.15) is 0 Å². The number of carbonyl (C=O) groups is 1. The minimum Gasteiger partial charge on any atom is -0.497 e. The van der Waals surface area contributed by atoms with Crippen molar-refractivity contribution in [2.75, 3.05) is 27.3 Å². The van der Waals surface area contributed by atoms with E-state index in [1.54, 1.807) is 33.0 Å². The van der Waals surface area contributed by atoms with Gasteiger partial charge in [-0.05, 0) is 63.1 Å². The minimum absolute atomic E-state index is 0.00461. The second-order valence-corrected chi connectivity index (χ2v) is 7.62. The first-order valence-electron chi connectivity index (χ1n) is 10.00. The van der Waals surface area contributed by atoms with Crippen LogP contribution in [0.5, 0.6) is 11.5 Å². The molecule has 1 aromatic heterocycles. The molecule has 0 saturated carbocycles. The smallest absolute Gasteiger partial charge is 0.279 e. The first-order chi connectivity index (χ1) is 13.9. The van der Waals surface area contributed by atoms with Crippen LogP contribution in [0.2, 0.25) is 0 Å². The first kappa shape index (κ1) is 20.9. The number of benzene rings is 1. The molecule has 0 bridgehead atoms. The van der Waals surface area contributed by atoms with Gasteiger partial charge in [0.1, 0.15) is 11.5 Å². The summed E-state index contributed by atoms with van der Waals surface area (Å²) in [6.07, 6.45) is 3.83. The van der Waals surface area contributed by atoms with Crippen LogP contribution in [0.4, 0.5) is 0 Å². The van der Waals surface area contributed by atoms with Crippen LogP contribution in [0.3, 0.4) is 0 Å². The predicted molar refractivity (Wildman–Crippen MR) is 111 cm³/mol. The van der Waals surface area contributed by atoms with Crippen molar-refractivity contribution in [2.24, 2.45) is 5.92 Å². The van der Waals surface area contributed by atoms with Gasteiger partial charge in [-0.15, -0.1) is 0 Å². The van der Waals surface area contributed by atoms with Crippen LogP contribution in [0.15, 0.2) is 23.0 Å². The van der Waals surface area contributed by atoms with Crippen LogP contribution in [-0.4, -0.2) is 48.1 Å². The molecule has 0 unspecified atom stereocenters. The number of aromatic amines is 1. The summed E-state index contributed by atoms with van der Waals surface area (Å²) in [6.45, 7) is 4.88. The standard InChI is InChI=1S/C22H29N3O4/c1-14-15(2)24-21(26)20(23-14)22(27)25-9-7-16(8-10-25)5-6-17-11-18(28-3)13-19(12-17)29-4/h11-13,16H,5-10H2,1-4H3,(H,24,26). The van der Waals surface area contributed by atoms with Crippen LogP contribution in [0.25, 0.3) is 0 Å². The zero-order valence-corrected chi connectivity index (χ0v) is 17.6. The summed E-state index contributed by atoms with van der Waals surface area (Å²) in [6, 6.07) is 5.95. The number of hydrogen-bond acceptors (Lipinski definition) is 5. The Hall–Kier alpha value is -2.83. The summed E-state index contributed by atoms with van der Waals surface area (Å²) in [4.78, 5) is 33.5. The van der Waals surface area contributed by atoms with Crippen molar-refractivity contribution < 1.29 is 14.3 Å². The Kier molecular flexibility index (Phi) is 6.56. The molecule has 1 fully saturated rings. The van der Waals surface area contributed by atoms with E-state index in [2.05, 4.69) is 9.97 Å². The van der Waals surface area contributed by atoms with Crippen molar-refractivity contribution in [1.82, 2.24) is 14.9 Å². The molecule has 2 aromatic rings. The predicted octanol–water partition coefficient (Wildman–Crippen LogP) is 2.89. The zero-order chi connectivity index (χ0) is 21.0. The molecular formula is C22H29N3O4. The van der Waals surface area contributed by atoms with Crippen molar-refractivity contribution in [3.8, 4) is 11.5 Å². The van der Waals surface area contributed by atoms with Gasteiger partial charge >= 0.3 is 0 Å². The van der Waals surface area contributed by atoms with E-state index >= 15 is 0 Å². The molecular weight excluding hydrogens is 370 g/mol. The van der Waals surface area contributed by atoms with Crippen molar-refractivity contribution >= 4 is 5.91 Å². The highest BCUT2D eigenvalue weighted by Crippen LogP contribution is 2.27. The average molecular weight is 399 g/mol. The second-order valence-electron chi connectivity index (χ2n) is 7.62. The maximum absolute atomic E-state index is 12.7. The molecule has 3 rings (SSSR count). The molecule has 29 heavy (non-hydrogen) atoms. The number of methoxy groups -OCH3 is 2. The summed E-state index contributed by atoms with van der Waals surface area (Å²) in [7, 11) is 3.31. The molecule has 7 heteroatoms. The van der Waals surface area contributed by atoms with Gasteiger partial charge in [-0.25, -0.2) is 4.98 Å². The van der Waals surface area contributed by atoms with E-state index in [1.165, 1.54) is 5.56 Å². The van der Waals surface area contributed by atoms with E-state index in [0.717, 1.165) is 37.2 Å². The molecule has 1 aliphatic heterocycles. The lowest BCUT2D eigenvalue weighted by molar-refractivity contribution is 0.0678. The number of aryl methyl sites for hydroxylation is 3. The molecule has 2 heterocycles. The fourth-order valence-corrected chi connectivity index (χ4v) is 3.72. The van der Waals surface area contributed by atoms with E-state index in [0.29, 0.717) is 30.4 Å². The largest absolute Gasteiger partial charge is 0.497 e. The number of likely N-dealkylation sites (tertiary alicyclic amines) is 1. The number of aromatic nitrogens is 2. The monoisotopic (exact) mass is 399 g/mol. The number of hydrogen-bond donors (Lipinski definition) is 1. The topological polar surface area (TPSA) is 84.5 Å². The Balaban J connectivity index is 1.56. The Morgan fingerprint density at radius 1 is 1.14 bits per heavy atom. The highest BCUT2D eigenvalue weighted by atomic mass is 16.5. The van der Waals surface area contributed by atoms with E-state index in [1.807, 2.05) is 18.2 Å². The molecule has 0 aliphatic carbocycles. The number of piperidine rings is 1. The van der Waals surface area contributed by atoms with Gasteiger partial charge in [0.2, 0.25) is 0 Å². The van der Waals surface area contributed by atoms with E-state index in [9.17, 15) is 9.59 Å². The van der Waals surface area contributed by atoms with Crippen LogP contribution >= 0.6 is 0 Å². The second kappa shape index (κ2) is 9.11. The van der Waals surface area contributed by atoms with Gasteiger partial charge in [-0.1, -0.05) is 0 Å². The number of ether oxygens (including phenoxy) is 2. The first-order valence-corrected chi connectivity index (χ1v) is 10.00. The SMILES string of the molecule is COc1cc(CCC2CCN(C(=O)c3nc(C)c(C)[nH]c3=O)CC2)cc(OC)c1. The van der Waals surface area contributed by atoms with Gasteiger partial charge in [0, 0.05) is 24.8 Å². The van der Waals surface area contributed by atoms with Gasteiger partial charge in [0.05, 0.1) is 19.9 Å². The highest BCUT2D eigenvalue weighted by molar-refractivity contribution is 5.92. The van der Waals surface area contributed by atoms with E-state index in [-0.39, 0.29) is 11.6 Å². The van der Waals surface area contributed by atoms with Crippen LogP contribution in [-0.2, 0) is 6.42 Å². The van der Waals surface area contributed by atoms with E-state index < -0.39 is 5.56 Å². The number of H-pyrrole nitrogens is 1. The third-order valence-electron chi connectivity index (χ3n) is 5.70. The van der Waals surface area contributed by atoms with Crippen LogP contribution in [0.1, 0.15) is 46.7 Å². The summed E-state index contributed by atoms with van der Waals surface area (Å²) in [5.41, 5.74) is 2.14. The van der Waals surface area contributed by atoms with Gasteiger partial charge in [-0.3, -0.25) is 9.59 Å². The van der Waals surface area contributed by atoms with Crippen molar-refractivity contribution in [2.45, 2.75) is 39.5 Å². The highest BCUT2D eigenvalue weighted by Gasteiger charge is 2.26. The summed E-state index contributed by atoms with van der Waals surface area (Å²) >= 11 is 0. The molecule has 0 atom stereocenters. The average Bonchev–Trinajstić information content (AvgIpc) is 2.74. The lowest BCUT2D eigenvalue weighted by Crippen LogP contribution is -2.41. The number of amides is 1. The molecule has 0 radical (unpaired) electrons. The Morgan fingerprint density at radius 3 is 2.34 bits per heavy atom. The molecule has 156 valence electrons. The number of nitrogens with zero attached hydrogens (tertiary/aromatic N) is 2. The normalized spacial score (nSPS) is 14.7. The third kappa shape index (κ3) is 4.96. The molecule has 7 nitrogen and oxygen atoms in total. The number of nitrogens with one attached hydrogen (secondary N) is 1. The molecule has 1 saturated heterocycles. The summed E-state index contributed by atoms with van der Waals surface area (Å²) in [5, 5.41) is 0. The van der Waals surface area contributed by atoms with Crippen LogP contribution in [0, 0.1) is 19.8 Å². The van der Waals surface area contributed by atoms with Gasteiger partial charge in [0.25, 0.3) is 11.5 Å². The van der Waals surface area contributed by atoms with Crippen molar-refractivity contribution in [1.29, 1.82) is 0 Å².